The number of quaternary nitrogens is 1. The van der Waals surface area contributed by atoms with E-state index in [1.54, 1.807) is 0 Å². The molecule has 3 atom stereocenters. The van der Waals surface area contributed by atoms with E-state index in [0.717, 1.165) is 77.0 Å². The number of allylic oxidation sites excluding steroid dienone is 7. The summed E-state index contributed by atoms with van der Waals surface area (Å²) in [6, 6.07) is -0.888. The highest BCUT2D eigenvalue weighted by molar-refractivity contribution is 7.45. The number of carbonyl (C=O) groups is 2. The molecule has 0 fully saturated rings. The van der Waals surface area contributed by atoms with E-state index in [0.29, 0.717) is 17.4 Å². The molecule has 9 nitrogen and oxygen atoms in total. The minimum atomic E-state index is -4.70. The average molecular weight is 1130 g/mol. The third-order valence-electron chi connectivity index (χ3n) is 15.3. The Morgan fingerprint density at radius 3 is 1.18 bits per heavy atom. The molecular formula is C69H131N2O7P. The maximum Gasteiger partial charge on any atom is 0.306 e. The molecule has 0 aromatic rings. The van der Waals surface area contributed by atoms with Crippen molar-refractivity contribution in [1.82, 2.24) is 5.32 Å². The molecular weight excluding hydrogens is 1000 g/mol. The van der Waals surface area contributed by atoms with Crippen molar-refractivity contribution in [3.63, 3.8) is 0 Å². The van der Waals surface area contributed by atoms with Gasteiger partial charge in [0.2, 0.25) is 5.91 Å². The van der Waals surface area contributed by atoms with Gasteiger partial charge >= 0.3 is 5.97 Å². The predicted molar refractivity (Wildman–Crippen MR) is 339 cm³/mol. The van der Waals surface area contributed by atoms with E-state index in [2.05, 4.69) is 62.5 Å². The highest BCUT2D eigenvalue weighted by Crippen LogP contribution is 2.38. The van der Waals surface area contributed by atoms with Crippen LogP contribution in [0, 0.1) is 0 Å². The number of unbranched alkanes of at least 4 members (excludes halogenated alkanes) is 40. The summed E-state index contributed by atoms with van der Waals surface area (Å²) in [5.74, 6) is -0.531. The third kappa shape index (κ3) is 60.4. The molecule has 0 radical (unpaired) electrons. The topological polar surface area (TPSA) is 114 Å². The molecule has 0 aromatic heterocycles. The number of hydrogen-bond acceptors (Lipinski definition) is 7. The molecule has 1 N–H and O–H groups in total. The summed E-state index contributed by atoms with van der Waals surface area (Å²) < 4.78 is 30.4. The maximum absolute atomic E-state index is 13.6. The summed E-state index contributed by atoms with van der Waals surface area (Å²) in [5, 5.41) is 3.04. The van der Waals surface area contributed by atoms with Gasteiger partial charge in [0, 0.05) is 12.8 Å². The molecule has 464 valence electrons. The fourth-order valence-corrected chi connectivity index (χ4v) is 10.7. The number of amides is 1. The molecule has 0 saturated heterocycles. The van der Waals surface area contributed by atoms with E-state index in [1.807, 2.05) is 33.3 Å². The number of rotatable bonds is 62. The van der Waals surface area contributed by atoms with Gasteiger partial charge in [-0.15, -0.1) is 0 Å². The largest absolute Gasteiger partial charge is 0.756 e. The van der Waals surface area contributed by atoms with Crippen LogP contribution in [0.25, 0.3) is 0 Å². The fourth-order valence-electron chi connectivity index (χ4n) is 10.0. The fraction of sp³-hybridized carbons (Fsp3) is 0.855. The van der Waals surface area contributed by atoms with Gasteiger partial charge in [0.25, 0.3) is 7.82 Å². The van der Waals surface area contributed by atoms with Gasteiger partial charge in [0.05, 0.1) is 33.8 Å². The normalized spacial score (nSPS) is 13.9. The van der Waals surface area contributed by atoms with Crippen LogP contribution in [0.15, 0.2) is 48.6 Å². The van der Waals surface area contributed by atoms with Gasteiger partial charge in [0.1, 0.15) is 19.3 Å². The minimum Gasteiger partial charge on any atom is -0.756 e. The molecule has 0 aliphatic heterocycles. The van der Waals surface area contributed by atoms with Crippen molar-refractivity contribution in [3.8, 4) is 0 Å². The molecule has 79 heavy (non-hydrogen) atoms. The summed E-state index contributed by atoms with van der Waals surface area (Å²) in [6.07, 6.45) is 73.7. The molecule has 0 aliphatic rings. The zero-order valence-corrected chi connectivity index (χ0v) is 54.0. The first-order chi connectivity index (χ1) is 38.4. The van der Waals surface area contributed by atoms with E-state index in [9.17, 15) is 19.0 Å². The van der Waals surface area contributed by atoms with Gasteiger partial charge < -0.3 is 28.5 Å². The Balaban J connectivity index is 5.08. The Kier molecular flexibility index (Phi) is 57.6. The number of nitrogens with zero attached hydrogens (tertiary/aromatic N) is 1. The van der Waals surface area contributed by atoms with E-state index in [-0.39, 0.29) is 31.5 Å². The molecule has 0 bridgehead atoms. The second-order valence-corrected chi connectivity index (χ2v) is 25.7. The number of phosphoric acid groups is 1. The molecule has 0 aromatic carbocycles. The maximum atomic E-state index is 13.6. The van der Waals surface area contributed by atoms with Crippen LogP contribution < -0.4 is 10.2 Å². The molecule has 10 heteroatoms. The number of carbonyl (C=O) groups excluding carboxylic acids is 2. The van der Waals surface area contributed by atoms with Crippen LogP contribution in [0.1, 0.15) is 329 Å². The number of esters is 1. The first-order valence-corrected chi connectivity index (χ1v) is 35.4. The molecule has 0 rings (SSSR count). The lowest BCUT2D eigenvalue weighted by atomic mass is 10.0. The van der Waals surface area contributed by atoms with E-state index in [4.69, 9.17) is 13.8 Å². The summed E-state index contributed by atoms with van der Waals surface area (Å²) >= 11 is 0. The monoisotopic (exact) mass is 1130 g/mol. The Labute approximate surface area is 490 Å². The van der Waals surface area contributed by atoms with Crippen molar-refractivity contribution in [1.29, 1.82) is 0 Å². The van der Waals surface area contributed by atoms with Crippen LogP contribution in [0.4, 0.5) is 0 Å². The van der Waals surface area contributed by atoms with Crippen LogP contribution in [0.2, 0.25) is 0 Å². The van der Waals surface area contributed by atoms with Gasteiger partial charge in [-0.3, -0.25) is 14.2 Å². The minimum absolute atomic E-state index is 0.0217. The zero-order valence-electron chi connectivity index (χ0n) is 53.1. The Hall–Kier alpha value is -2.03. The Morgan fingerprint density at radius 2 is 0.772 bits per heavy atom. The first-order valence-electron chi connectivity index (χ1n) is 33.9. The van der Waals surface area contributed by atoms with Crippen LogP contribution in [-0.4, -0.2) is 69.4 Å². The zero-order chi connectivity index (χ0) is 57.9. The number of phosphoric ester groups is 1. The summed E-state index contributed by atoms with van der Waals surface area (Å²) in [6.45, 7) is 6.85. The summed E-state index contributed by atoms with van der Waals surface area (Å²) in [7, 11) is 1.19. The second-order valence-electron chi connectivity index (χ2n) is 24.3. The lowest BCUT2D eigenvalue weighted by molar-refractivity contribution is -0.870. The van der Waals surface area contributed by atoms with Crippen LogP contribution in [0.5, 0.6) is 0 Å². The standard InChI is InChI=1S/C69H131N2O7P/c1-7-10-13-16-19-22-25-27-29-31-33-34-35-36-38-39-41-43-46-49-52-55-58-61-68(72)70-66(65-77-79(74,75)76-64-63-71(4,5)6)67(60-57-54-51-48-45-24-21-18-15-12-9-3)78-69(73)62-59-56-53-50-47-44-42-40-37-32-30-28-26-23-20-17-14-11-8-2/h19,22,27,29,33-34,57,60,66-67H,7-18,20-21,23-26,28,30-32,35-56,58-59,61-65H2,1-6H3,(H-,70,72,74,75)/b22-19-,29-27-,34-33-,60-57+. The van der Waals surface area contributed by atoms with Crippen LogP contribution in [0.3, 0.4) is 0 Å². The highest BCUT2D eigenvalue weighted by Gasteiger charge is 2.27. The van der Waals surface area contributed by atoms with Crippen LogP contribution in [-0.2, 0) is 27.9 Å². The van der Waals surface area contributed by atoms with Crippen molar-refractivity contribution in [2.75, 3.05) is 40.9 Å². The SMILES string of the molecule is CCCCC/C=C\C/C=C\C/C=C\CCCCCCCCCCCCC(=O)NC(COP(=O)([O-])OCC[N+](C)(C)C)C(/C=C/CCCCCCCCCCC)OC(=O)CCCCCCCCCCCCCCCCCCCCC. The molecule has 0 aliphatic carbocycles. The molecule has 0 spiro atoms. The number of hydrogen-bond donors (Lipinski definition) is 1. The predicted octanol–water partition coefficient (Wildman–Crippen LogP) is 20.6. The van der Waals surface area contributed by atoms with Crippen molar-refractivity contribution in [2.45, 2.75) is 341 Å². The van der Waals surface area contributed by atoms with Crippen molar-refractivity contribution >= 4 is 19.7 Å². The van der Waals surface area contributed by atoms with Gasteiger partial charge in [-0.1, -0.05) is 294 Å². The third-order valence-corrected chi connectivity index (χ3v) is 16.2. The quantitative estimate of drug-likeness (QED) is 0.0212. The molecule has 3 unspecified atom stereocenters. The van der Waals surface area contributed by atoms with E-state index >= 15 is 0 Å². The van der Waals surface area contributed by atoms with Crippen molar-refractivity contribution in [3.05, 3.63) is 48.6 Å². The number of nitrogens with one attached hydrogen (secondary N) is 1. The smallest absolute Gasteiger partial charge is 0.306 e. The van der Waals surface area contributed by atoms with E-state index in [1.165, 1.54) is 218 Å². The lowest BCUT2D eigenvalue weighted by Gasteiger charge is -2.30. The average Bonchev–Trinajstić information content (AvgIpc) is 3.41. The highest BCUT2D eigenvalue weighted by atomic mass is 31.2. The lowest BCUT2D eigenvalue weighted by Crippen LogP contribution is -2.47. The van der Waals surface area contributed by atoms with Gasteiger partial charge in [0.15, 0.2) is 0 Å². The Bertz CT molecular complexity index is 1490. The number of ether oxygens (including phenoxy) is 1. The molecule has 0 saturated carbocycles. The second kappa shape index (κ2) is 59.1. The summed E-state index contributed by atoms with van der Waals surface area (Å²) in [4.78, 5) is 40.1. The van der Waals surface area contributed by atoms with Gasteiger partial charge in [-0.2, -0.15) is 0 Å². The van der Waals surface area contributed by atoms with Crippen molar-refractivity contribution in [2.24, 2.45) is 0 Å². The number of likely N-dealkylation sites (N-methyl/N-ethyl adjacent to an activating group) is 1. The van der Waals surface area contributed by atoms with Crippen molar-refractivity contribution < 1.29 is 37.3 Å². The van der Waals surface area contributed by atoms with Gasteiger partial charge in [-0.25, -0.2) is 0 Å². The van der Waals surface area contributed by atoms with E-state index < -0.39 is 20.0 Å². The first kappa shape index (κ1) is 77.0. The van der Waals surface area contributed by atoms with Crippen LogP contribution >= 0.6 is 7.82 Å². The Morgan fingerprint density at radius 1 is 0.443 bits per heavy atom. The molecule has 1 amide bonds. The van der Waals surface area contributed by atoms with Gasteiger partial charge in [-0.05, 0) is 70.3 Å². The summed E-state index contributed by atoms with van der Waals surface area (Å²) in [5.41, 5.74) is 0. The molecule has 0 heterocycles.